The molecule has 0 aromatic heterocycles. The van der Waals surface area contributed by atoms with Gasteiger partial charge in [0, 0.05) is 22.6 Å². The van der Waals surface area contributed by atoms with E-state index in [2.05, 4.69) is 54.1 Å². The molecule has 0 radical (unpaired) electrons. The van der Waals surface area contributed by atoms with E-state index in [-0.39, 0.29) is 5.91 Å². The molecule has 0 spiro atoms. The van der Waals surface area contributed by atoms with Gasteiger partial charge in [0.25, 0.3) is 5.91 Å². The Morgan fingerprint density at radius 1 is 1.29 bits per heavy atom. The average Bonchev–Trinajstić information content (AvgIpc) is 2.45. The predicted molar refractivity (Wildman–Crippen MR) is 92.8 cm³/mol. The molecule has 0 heterocycles. The number of likely N-dealkylation sites (N-methyl/N-ethyl adjacent to an activating group) is 1. The minimum atomic E-state index is 0.00612. The molecule has 0 aliphatic rings. The first-order valence-corrected chi connectivity index (χ1v) is 8.41. The number of rotatable bonds is 7. The van der Waals surface area contributed by atoms with Crippen LogP contribution in [0.2, 0.25) is 0 Å². The van der Waals surface area contributed by atoms with Crippen molar-refractivity contribution in [2.75, 3.05) is 20.6 Å². The molecular weight excluding hydrogens is 328 g/mol. The summed E-state index contributed by atoms with van der Waals surface area (Å²) >= 11 is 3.48. The number of nitrogens with one attached hydrogen (secondary N) is 1. The monoisotopic (exact) mass is 354 g/mol. The molecule has 0 fully saturated rings. The van der Waals surface area contributed by atoms with Gasteiger partial charge in [-0.15, -0.1) is 0 Å². The Labute approximate surface area is 137 Å². The van der Waals surface area contributed by atoms with E-state index >= 15 is 0 Å². The first kappa shape index (κ1) is 18.2. The molecule has 1 unspecified atom stereocenters. The van der Waals surface area contributed by atoms with Gasteiger partial charge >= 0.3 is 0 Å². The molecule has 3 nitrogen and oxygen atoms in total. The lowest BCUT2D eigenvalue weighted by Gasteiger charge is -2.31. The summed E-state index contributed by atoms with van der Waals surface area (Å²) in [5, 5.41) is 3.10. The molecule has 0 bridgehead atoms. The van der Waals surface area contributed by atoms with Crippen molar-refractivity contribution in [1.82, 2.24) is 10.2 Å². The molecule has 1 aromatic carbocycles. The number of carbonyl (C=O) groups is 1. The van der Waals surface area contributed by atoms with Gasteiger partial charge in [-0.05, 0) is 44.6 Å². The van der Waals surface area contributed by atoms with Gasteiger partial charge in [-0.2, -0.15) is 0 Å². The largest absolute Gasteiger partial charge is 0.350 e. The number of halogens is 1. The van der Waals surface area contributed by atoms with E-state index in [0.717, 1.165) is 28.4 Å². The summed E-state index contributed by atoms with van der Waals surface area (Å²) in [5.41, 5.74) is 1.73. The number of carbonyl (C=O) groups excluding carboxylic acids is 1. The van der Waals surface area contributed by atoms with Crippen molar-refractivity contribution >= 4 is 21.8 Å². The summed E-state index contributed by atoms with van der Waals surface area (Å²) < 4.78 is 0.972. The molecule has 118 valence electrons. The lowest BCUT2D eigenvalue weighted by Crippen LogP contribution is -2.44. The van der Waals surface area contributed by atoms with Gasteiger partial charge in [-0.1, -0.05) is 48.7 Å². The van der Waals surface area contributed by atoms with E-state index in [1.807, 2.05) is 25.1 Å². The summed E-state index contributed by atoms with van der Waals surface area (Å²) in [5.74, 6) is 0.607. The second kappa shape index (κ2) is 8.54. The fraction of sp³-hybridized carbons (Fsp3) is 0.588. The van der Waals surface area contributed by atoms with E-state index in [9.17, 15) is 4.79 Å². The van der Waals surface area contributed by atoms with Gasteiger partial charge in [0.05, 0.1) is 0 Å². The molecule has 0 saturated carbocycles. The maximum absolute atomic E-state index is 12.4. The fourth-order valence-corrected chi connectivity index (χ4v) is 3.12. The zero-order valence-electron chi connectivity index (χ0n) is 13.7. The Balaban J connectivity index is 2.76. The van der Waals surface area contributed by atoms with E-state index < -0.39 is 0 Å². The van der Waals surface area contributed by atoms with Crippen molar-refractivity contribution in [3.05, 3.63) is 33.8 Å². The van der Waals surface area contributed by atoms with E-state index in [1.165, 1.54) is 0 Å². The molecule has 21 heavy (non-hydrogen) atoms. The molecule has 1 N–H and O–H groups in total. The van der Waals surface area contributed by atoms with Crippen LogP contribution in [0.25, 0.3) is 0 Å². The van der Waals surface area contributed by atoms with Crippen LogP contribution in [0.3, 0.4) is 0 Å². The van der Waals surface area contributed by atoms with Gasteiger partial charge < -0.3 is 10.2 Å². The molecule has 0 aliphatic heterocycles. The summed E-state index contributed by atoms with van der Waals surface area (Å²) in [7, 11) is 4.17. The summed E-state index contributed by atoms with van der Waals surface area (Å²) in [6.45, 7) is 7.07. The van der Waals surface area contributed by atoms with Crippen LogP contribution in [0.4, 0.5) is 0 Å². The van der Waals surface area contributed by atoms with Crippen molar-refractivity contribution in [1.29, 1.82) is 0 Å². The first-order valence-electron chi connectivity index (χ1n) is 7.62. The van der Waals surface area contributed by atoms with Crippen LogP contribution in [0.1, 0.15) is 42.6 Å². The van der Waals surface area contributed by atoms with Crippen molar-refractivity contribution in [2.45, 2.75) is 39.7 Å². The van der Waals surface area contributed by atoms with E-state index in [1.54, 1.807) is 0 Å². The van der Waals surface area contributed by atoms with Crippen molar-refractivity contribution < 1.29 is 4.79 Å². The molecule has 1 amide bonds. The van der Waals surface area contributed by atoms with Crippen LogP contribution in [0, 0.1) is 12.8 Å². The standard InChI is InChI=1S/C17H27BrN2O/c1-6-13(7-2)16(20(4)5)11-19-17(21)14-9-8-10-15(18)12(14)3/h8-10,13,16H,6-7,11H2,1-5H3,(H,19,21). The smallest absolute Gasteiger partial charge is 0.251 e. The fourth-order valence-electron chi connectivity index (χ4n) is 2.75. The topological polar surface area (TPSA) is 32.3 Å². The number of hydrogen-bond acceptors (Lipinski definition) is 2. The summed E-state index contributed by atoms with van der Waals surface area (Å²) in [6, 6.07) is 6.10. The Morgan fingerprint density at radius 3 is 2.43 bits per heavy atom. The highest BCUT2D eigenvalue weighted by Crippen LogP contribution is 2.20. The zero-order valence-corrected chi connectivity index (χ0v) is 15.3. The number of nitrogens with zero attached hydrogens (tertiary/aromatic N) is 1. The Morgan fingerprint density at radius 2 is 1.90 bits per heavy atom. The third-order valence-electron chi connectivity index (χ3n) is 4.24. The lowest BCUT2D eigenvalue weighted by atomic mass is 9.93. The molecular formula is C17H27BrN2O. The molecule has 1 atom stereocenters. The van der Waals surface area contributed by atoms with Crippen LogP contribution in [-0.4, -0.2) is 37.5 Å². The lowest BCUT2D eigenvalue weighted by molar-refractivity contribution is 0.0928. The van der Waals surface area contributed by atoms with E-state index in [4.69, 9.17) is 0 Å². The van der Waals surface area contributed by atoms with Gasteiger partial charge in [0.2, 0.25) is 0 Å². The zero-order chi connectivity index (χ0) is 16.0. The third-order valence-corrected chi connectivity index (χ3v) is 5.10. The second-order valence-electron chi connectivity index (χ2n) is 5.73. The molecule has 1 rings (SSSR count). The molecule has 4 heteroatoms. The van der Waals surface area contributed by atoms with Gasteiger partial charge in [0.15, 0.2) is 0 Å². The Kier molecular flexibility index (Phi) is 7.40. The average molecular weight is 355 g/mol. The van der Waals surface area contributed by atoms with Crippen LogP contribution >= 0.6 is 15.9 Å². The third kappa shape index (κ3) is 4.82. The maximum atomic E-state index is 12.4. The molecule has 1 aromatic rings. The van der Waals surface area contributed by atoms with Crippen LogP contribution in [0.15, 0.2) is 22.7 Å². The predicted octanol–water partition coefficient (Wildman–Crippen LogP) is 3.85. The second-order valence-corrected chi connectivity index (χ2v) is 6.58. The first-order chi connectivity index (χ1) is 9.92. The van der Waals surface area contributed by atoms with Gasteiger partial charge in [-0.25, -0.2) is 0 Å². The van der Waals surface area contributed by atoms with Crippen molar-refractivity contribution in [2.24, 2.45) is 5.92 Å². The number of benzene rings is 1. The maximum Gasteiger partial charge on any atom is 0.251 e. The van der Waals surface area contributed by atoms with Crippen LogP contribution < -0.4 is 5.32 Å². The Bertz CT molecular complexity index is 470. The highest BCUT2D eigenvalue weighted by molar-refractivity contribution is 9.10. The Hall–Kier alpha value is -0.870. The minimum Gasteiger partial charge on any atom is -0.350 e. The van der Waals surface area contributed by atoms with Crippen molar-refractivity contribution in [3.8, 4) is 0 Å². The molecule has 0 saturated heterocycles. The van der Waals surface area contributed by atoms with Gasteiger partial charge in [0.1, 0.15) is 0 Å². The van der Waals surface area contributed by atoms with Crippen molar-refractivity contribution in [3.63, 3.8) is 0 Å². The highest BCUT2D eigenvalue weighted by atomic mass is 79.9. The molecule has 0 aliphatic carbocycles. The van der Waals surface area contributed by atoms with E-state index in [0.29, 0.717) is 18.5 Å². The summed E-state index contributed by atoms with van der Waals surface area (Å²) in [6.07, 6.45) is 2.26. The highest BCUT2D eigenvalue weighted by Gasteiger charge is 2.21. The minimum absolute atomic E-state index is 0.00612. The normalized spacial score (nSPS) is 12.8. The number of hydrogen-bond donors (Lipinski definition) is 1. The quantitative estimate of drug-likeness (QED) is 0.806. The SMILES string of the molecule is CCC(CC)C(CNC(=O)c1cccc(Br)c1C)N(C)C. The number of amides is 1. The summed E-state index contributed by atoms with van der Waals surface area (Å²) in [4.78, 5) is 14.6. The van der Waals surface area contributed by atoms with Gasteiger partial charge in [-0.3, -0.25) is 4.79 Å². The van der Waals surface area contributed by atoms with Crippen LogP contribution in [-0.2, 0) is 0 Å². The van der Waals surface area contributed by atoms with Crippen LogP contribution in [0.5, 0.6) is 0 Å².